The number of hydrogen-bond acceptors (Lipinski definition) is 5. The molecule has 7 nitrogen and oxygen atoms in total. The van der Waals surface area contributed by atoms with Gasteiger partial charge in [0.25, 0.3) is 5.91 Å². The van der Waals surface area contributed by atoms with Crippen LogP contribution in [0.2, 0.25) is 5.02 Å². The van der Waals surface area contributed by atoms with Gasteiger partial charge in [0.1, 0.15) is 6.04 Å². The van der Waals surface area contributed by atoms with Gasteiger partial charge in [-0.25, -0.2) is 0 Å². The van der Waals surface area contributed by atoms with Gasteiger partial charge in [-0.15, -0.1) is 11.3 Å². The maximum atomic E-state index is 12.8. The molecule has 0 aliphatic carbocycles. The number of benzene rings is 1. The van der Waals surface area contributed by atoms with E-state index in [0.717, 1.165) is 22.3 Å². The number of nitrogens with zero attached hydrogens (tertiary/aromatic N) is 1. The topological polar surface area (TPSA) is 95.6 Å². The van der Waals surface area contributed by atoms with E-state index in [4.69, 9.17) is 11.6 Å². The van der Waals surface area contributed by atoms with E-state index in [2.05, 4.69) is 10.6 Å². The van der Waals surface area contributed by atoms with Crippen molar-refractivity contribution < 1.29 is 19.2 Å². The number of carbonyl (C=O) groups excluding carboxylic acids is 4. The van der Waals surface area contributed by atoms with Crippen LogP contribution >= 0.6 is 22.9 Å². The normalized spacial score (nSPS) is 18.4. The second kappa shape index (κ2) is 8.20. The van der Waals surface area contributed by atoms with Crippen LogP contribution in [0.1, 0.15) is 44.8 Å². The summed E-state index contributed by atoms with van der Waals surface area (Å²) < 4.78 is 0. The first-order chi connectivity index (χ1) is 14.3. The van der Waals surface area contributed by atoms with Crippen molar-refractivity contribution in [2.75, 3.05) is 0 Å². The molecule has 1 unspecified atom stereocenters. The Bertz CT molecular complexity index is 1060. The molecule has 3 heterocycles. The molecule has 2 aliphatic heterocycles. The second-order valence-electron chi connectivity index (χ2n) is 7.52. The number of nitrogens with one attached hydrogen (secondary N) is 2. The average Bonchev–Trinajstić information content (AvgIpc) is 3.23. The largest absolute Gasteiger partial charge is 0.352 e. The highest BCUT2D eigenvalue weighted by Crippen LogP contribution is 2.34. The number of hydrogen-bond donors (Lipinski definition) is 2. The lowest BCUT2D eigenvalue weighted by atomic mass is 10.0. The number of fused-ring (bicyclic) bond motifs is 1. The fourth-order valence-corrected chi connectivity index (χ4v) is 5.09. The van der Waals surface area contributed by atoms with Crippen LogP contribution in [0.4, 0.5) is 0 Å². The summed E-state index contributed by atoms with van der Waals surface area (Å²) in [6.07, 6.45) is 0.722. The zero-order chi connectivity index (χ0) is 21.4. The Labute approximate surface area is 182 Å². The van der Waals surface area contributed by atoms with Gasteiger partial charge in [0.05, 0.1) is 11.3 Å². The summed E-state index contributed by atoms with van der Waals surface area (Å²) in [6.45, 7) is 2.54. The van der Waals surface area contributed by atoms with Crippen LogP contribution in [0.25, 0.3) is 0 Å². The summed E-state index contributed by atoms with van der Waals surface area (Å²) >= 11 is 7.52. The Hall–Kier alpha value is -2.71. The van der Waals surface area contributed by atoms with Crippen molar-refractivity contribution in [3.63, 3.8) is 0 Å². The van der Waals surface area contributed by atoms with Crippen LogP contribution in [0.5, 0.6) is 0 Å². The quantitative estimate of drug-likeness (QED) is 0.690. The second-order valence-corrected chi connectivity index (χ2v) is 8.80. The molecule has 4 rings (SSSR count). The van der Waals surface area contributed by atoms with Crippen molar-refractivity contribution in [2.24, 2.45) is 0 Å². The van der Waals surface area contributed by atoms with E-state index < -0.39 is 11.9 Å². The van der Waals surface area contributed by atoms with Gasteiger partial charge in [-0.2, -0.15) is 0 Å². The lowest BCUT2D eigenvalue weighted by Gasteiger charge is -2.29. The molecule has 2 aromatic rings. The fourth-order valence-electron chi connectivity index (χ4n) is 3.75. The van der Waals surface area contributed by atoms with Crippen LogP contribution in [0.3, 0.4) is 0 Å². The molecule has 4 amide bonds. The monoisotopic (exact) mass is 445 g/mol. The number of imide groups is 1. The highest BCUT2D eigenvalue weighted by atomic mass is 35.5. The summed E-state index contributed by atoms with van der Waals surface area (Å²) in [5.41, 5.74) is 3.49. The van der Waals surface area contributed by atoms with Crippen LogP contribution in [0, 0.1) is 6.92 Å². The first kappa shape index (κ1) is 20.6. The van der Waals surface area contributed by atoms with Crippen LogP contribution in [0.15, 0.2) is 23.6 Å². The molecule has 0 radical (unpaired) electrons. The third-order valence-corrected chi connectivity index (χ3v) is 6.80. The van der Waals surface area contributed by atoms with Crippen molar-refractivity contribution in [2.45, 2.75) is 45.3 Å². The standard InChI is InChI=1S/C21H20ClN3O4S/c1-11-2-3-12(15(22)6-11)7-18(27)23-8-13-10-30-19-14(13)9-25(21(19)29)16-4-5-17(26)24-20(16)28/h2-3,6,10,16H,4-5,7-9H2,1H3,(H,23,27)(H,24,26,28). The molecule has 1 fully saturated rings. The molecule has 0 saturated carbocycles. The maximum absolute atomic E-state index is 12.8. The van der Waals surface area contributed by atoms with Gasteiger partial charge in [0.2, 0.25) is 17.7 Å². The number of piperidine rings is 1. The van der Waals surface area contributed by atoms with E-state index in [1.807, 2.05) is 30.5 Å². The number of carbonyl (C=O) groups is 4. The predicted molar refractivity (Wildman–Crippen MR) is 112 cm³/mol. The van der Waals surface area contributed by atoms with E-state index in [0.29, 0.717) is 29.4 Å². The summed E-state index contributed by atoms with van der Waals surface area (Å²) in [5, 5.41) is 7.61. The first-order valence-electron chi connectivity index (χ1n) is 9.59. The van der Waals surface area contributed by atoms with Gasteiger partial charge in [-0.3, -0.25) is 24.5 Å². The minimum Gasteiger partial charge on any atom is -0.352 e. The zero-order valence-corrected chi connectivity index (χ0v) is 17.9. The molecule has 30 heavy (non-hydrogen) atoms. The molecule has 0 spiro atoms. The molecule has 1 aromatic carbocycles. The minimum atomic E-state index is -0.638. The maximum Gasteiger partial charge on any atom is 0.265 e. The Balaban J connectivity index is 1.40. The Morgan fingerprint density at radius 1 is 1.30 bits per heavy atom. The number of aryl methyl sites for hydroxylation is 1. The Morgan fingerprint density at radius 3 is 2.83 bits per heavy atom. The molecule has 1 aromatic heterocycles. The Morgan fingerprint density at radius 2 is 2.10 bits per heavy atom. The molecule has 156 valence electrons. The third kappa shape index (κ3) is 3.97. The van der Waals surface area contributed by atoms with Gasteiger partial charge in [-0.1, -0.05) is 23.7 Å². The summed E-state index contributed by atoms with van der Waals surface area (Å²) in [7, 11) is 0. The number of amides is 4. The fraction of sp³-hybridized carbons (Fsp3) is 0.333. The predicted octanol–water partition coefficient (Wildman–Crippen LogP) is 2.33. The van der Waals surface area contributed by atoms with Crippen molar-refractivity contribution in [3.05, 3.63) is 55.7 Å². The van der Waals surface area contributed by atoms with Gasteiger partial charge in [0, 0.05) is 30.1 Å². The highest BCUT2D eigenvalue weighted by Gasteiger charge is 2.40. The van der Waals surface area contributed by atoms with E-state index >= 15 is 0 Å². The van der Waals surface area contributed by atoms with Crippen LogP contribution in [-0.2, 0) is 33.9 Å². The molecule has 2 N–H and O–H groups in total. The molecule has 2 aliphatic rings. The van der Waals surface area contributed by atoms with E-state index in [9.17, 15) is 19.2 Å². The van der Waals surface area contributed by atoms with Crippen molar-refractivity contribution in [3.8, 4) is 0 Å². The third-order valence-electron chi connectivity index (χ3n) is 5.39. The number of halogens is 1. The molecule has 1 saturated heterocycles. The first-order valence-corrected chi connectivity index (χ1v) is 10.8. The minimum absolute atomic E-state index is 0.160. The van der Waals surface area contributed by atoms with Gasteiger partial charge < -0.3 is 10.2 Å². The van der Waals surface area contributed by atoms with Crippen molar-refractivity contribution >= 4 is 46.6 Å². The highest BCUT2D eigenvalue weighted by molar-refractivity contribution is 7.12. The Kier molecular flexibility index (Phi) is 5.62. The van der Waals surface area contributed by atoms with Gasteiger partial charge in [-0.05, 0) is 41.5 Å². The van der Waals surface area contributed by atoms with Crippen LogP contribution < -0.4 is 10.6 Å². The lowest BCUT2D eigenvalue weighted by molar-refractivity contribution is -0.137. The summed E-state index contributed by atoms with van der Waals surface area (Å²) in [4.78, 5) is 50.7. The van der Waals surface area contributed by atoms with Gasteiger partial charge in [0.15, 0.2) is 0 Å². The molecule has 0 bridgehead atoms. The van der Waals surface area contributed by atoms with Gasteiger partial charge >= 0.3 is 0 Å². The lowest BCUT2D eigenvalue weighted by Crippen LogP contribution is -2.52. The average molecular weight is 446 g/mol. The van der Waals surface area contributed by atoms with Crippen molar-refractivity contribution in [1.82, 2.24) is 15.5 Å². The van der Waals surface area contributed by atoms with E-state index in [1.165, 1.54) is 16.2 Å². The summed E-state index contributed by atoms with van der Waals surface area (Å²) in [6, 6.07) is 4.94. The summed E-state index contributed by atoms with van der Waals surface area (Å²) in [5.74, 6) is -1.10. The molecule has 1 atom stereocenters. The van der Waals surface area contributed by atoms with Crippen molar-refractivity contribution in [1.29, 1.82) is 0 Å². The molecule has 9 heteroatoms. The SMILES string of the molecule is Cc1ccc(CC(=O)NCc2csc3c2CN(C2CCC(=O)NC2=O)C3=O)c(Cl)c1. The smallest absolute Gasteiger partial charge is 0.265 e. The number of rotatable bonds is 5. The number of thiophene rings is 1. The molecular formula is C21H20ClN3O4S. The van der Waals surface area contributed by atoms with E-state index in [-0.39, 0.29) is 30.6 Å². The van der Waals surface area contributed by atoms with Crippen LogP contribution in [-0.4, -0.2) is 34.6 Å². The zero-order valence-electron chi connectivity index (χ0n) is 16.3. The van der Waals surface area contributed by atoms with E-state index in [1.54, 1.807) is 0 Å². The molecular weight excluding hydrogens is 426 g/mol.